The van der Waals surface area contributed by atoms with E-state index in [0.29, 0.717) is 5.56 Å². The molecular weight excluding hydrogens is 338 g/mol. The quantitative estimate of drug-likeness (QED) is 0.370. The highest BCUT2D eigenvalue weighted by Gasteiger charge is 2.05. The van der Waals surface area contributed by atoms with Gasteiger partial charge in [0.05, 0.1) is 4.92 Å². The van der Waals surface area contributed by atoms with E-state index in [1.54, 1.807) is 12.1 Å². The minimum atomic E-state index is -0.486. The van der Waals surface area contributed by atoms with Gasteiger partial charge in [-0.2, -0.15) is 0 Å². The van der Waals surface area contributed by atoms with E-state index in [2.05, 4.69) is 17.6 Å². The maximum atomic E-state index is 11.9. The summed E-state index contributed by atoms with van der Waals surface area (Å²) in [5.41, 5.74) is 2.51. The summed E-state index contributed by atoms with van der Waals surface area (Å²) in [6.45, 7) is 2.07. The third-order valence-electron chi connectivity index (χ3n) is 3.36. The molecule has 2 aromatic rings. The number of carbonyl (C=O) groups is 1. The molecule has 2 aromatic carbocycles. The van der Waals surface area contributed by atoms with Gasteiger partial charge in [0, 0.05) is 23.9 Å². The molecule has 2 N–H and O–H groups in total. The van der Waals surface area contributed by atoms with Gasteiger partial charge in [0.2, 0.25) is 5.91 Å². The van der Waals surface area contributed by atoms with Crippen molar-refractivity contribution in [3.8, 4) is 0 Å². The first-order valence-electron chi connectivity index (χ1n) is 7.61. The van der Waals surface area contributed by atoms with Crippen LogP contribution in [-0.4, -0.2) is 15.9 Å². The van der Waals surface area contributed by atoms with Crippen molar-refractivity contribution in [2.45, 2.75) is 13.3 Å². The molecule has 0 aliphatic carbocycles. The third-order valence-corrected chi connectivity index (χ3v) is 3.57. The van der Waals surface area contributed by atoms with Crippen LogP contribution in [0.1, 0.15) is 18.1 Å². The van der Waals surface area contributed by atoms with Crippen LogP contribution in [0, 0.1) is 10.1 Å². The molecule has 0 fully saturated rings. The second-order valence-electron chi connectivity index (χ2n) is 5.18. The van der Waals surface area contributed by atoms with Crippen molar-refractivity contribution in [3.05, 3.63) is 75.8 Å². The zero-order valence-electron chi connectivity index (χ0n) is 13.6. The molecule has 128 valence electrons. The third kappa shape index (κ3) is 5.82. The zero-order chi connectivity index (χ0) is 18.2. The van der Waals surface area contributed by atoms with E-state index < -0.39 is 10.8 Å². The number of non-ortho nitro benzene ring substituents is 1. The van der Waals surface area contributed by atoms with E-state index in [0.717, 1.165) is 12.1 Å². The van der Waals surface area contributed by atoms with Gasteiger partial charge in [-0.3, -0.25) is 20.2 Å². The fraction of sp³-hybridized carbons (Fsp3) is 0.111. The van der Waals surface area contributed by atoms with Gasteiger partial charge in [-0.15, -0.1) is 0 Å². The SMILES string of the molecule is CCc1ccc(NC(=S)NC(=O)/C=C/c2cccc([N+](=O)[O-])c2)cc1. The summed E-state index contributed by atoms with van der Waals surface area (Å²) in [5, 5.41) is 16.4. The molecule has 0 atom stereocenters. The van der Waals surface area contributed by atoms with Crippen LogP contribution in [0.2, 0.25) is 0 Å². The Balaban J connectivity index is 1.91. The van der Waals surface area contributed by atoms with Crippen LogP contribution < -0.4 is 10.6 Å². The molecule has 0 aromatic heterocycles. The number of nitro benzene ring substituents is 1. The van der Waals surface area contributed by atoms with Crippen molar-refractivity contribution < 1.29 is 9.72 Å². The van der Waals surface area contributed by atoms with Crippen LogP contribution in [0.4, 0.5) is 11.4 Å². The molecule has 0 spiro atoms. The van der Waals surface area contributed by atoms with Gasteiger partial charge in [0.15, 0.2) is 5.11 Å². The predicted molar refractivity (Wildman–Crippen MR) is 102 cm³/mol. The molecule has 0 aliphatic rings. The number of benzene rings is 2. The molecule has 0 saturated carbocycles. The number of nitrogens with zero attached hydrogens (tertiary/aromatic N) is 1. The minimum absolute atomic E-state index is 0.0322. The maximum Gasteiger partial charge on any atom is 0.270 e. The summed E-state index contributed by atoms with van der Waals surface area (Å²) in [5.74, 6) is -0.422. The lowest BCUT2D eigenvalue weighted by molar-refractivity contribution is -0.384. The normalized spacial score (nSPS) is 10.4. The Labute approximate surface area is 150 Å². The van der Waals surface area contributed by atoms with Crippen LogP contribution in [-0.2, 0) is 11.2 Å². The van der Waals surface area contributed by atoms with E-state index in [9.17, 15) is 14.9 Å². The standard InChI is InChI=1S/C18H17N3O3S/c1-2-13-6-9-15(10-7-13)19-18(25)20-17(22)11-8-14-4-3-5-16(12-14)21(23)24/h3-12H,2H2,1H3,(H2,19,20,22,25)/b11-8+. The largest absolute Gasteiger partial charge is 0.332 e. The molecule has 2 rings (SSSR count). The molecule has 0 unspecified atom stereocenters. The number of amides is 1. The van der Waals surface area contributed by atoms with Gasteiger partial charge < -0.3 is 5.32 Å². The number of carbonyl (C=O) groups excluding carboxylic acids is 1. The number of hydrogen-bond acceptors (Lipinski definition) is 4. The fourth-order valence-electron chi connectivity index (χ4n) is 2.05. The van der Waals surface area contributed by atoms with Crippen molar-refractivity contribution in [2.24, 2.45) is 0 Å². The summed E-state index contributed by atoms with van der Waals surface area (Å²) < 4.78 is 0. The van der Waals surface area contributed by atoms with Gasteiger partial charge in [-0.25, -0.2) is 0 Å². The Bertz CT molecular complexity index is 817. The maximum absolute atomic E-state index is 11.9. The smallest absolute Gasteiger partial charge is 0.270 e. The first-order valence-corrected chi connectivity index (χ1v) is 8.02. The molecule has 0 aliphatic heterocycles. The average Bonchev–Trinajstić information content (AvgIpc) is 2.60. The summed E-state index contributed by atoms with van der Waals surface area (Å²) in [4.78, 5) is 22.1. The van der Waals surface area contributed by atoms with Gasteiger partial charge in [-0.05, 0) is 48.0 Å². The lowest BCUT2D eigenvalue weighted by atomic mass is 10.1. The van der Waals surface area contributed by atoms with Crippen molar-refractivity contribution in [1.82, 2.24) is 5.32 Å². The Morgan fingerprint density at radius 1 is 1.24 bits per heavy atom. The molecule has 0 saturated heterocycles. The average molecular weight is 355 g/mol. The van der Waals surface area contributed by atoms with E-state index in [-0.39, 0.29) is 10.8 Å². The van der Waals surface area contributed by atoms with Crippen LogP contribution in [0.15, 0.2) is 54.6 Å². The first-order chi connectivity index (χ1) is 12.0. The lowest BCUT2D eigenvalue weighted by Gasteiger charge is -2.08. The van der Waals surface area contributed by atoms with Crippen molar-refractivity contribution in [2.75, 3.05) is 5.32 Å². The molecule has 7 heteroatoms. The Kier molecular flexibility index (Phi) is 6.36. The van der Waals surface area contributed by atoms with E-state index in [1.165, 1.54) is 29.8 Å². The molecule has 0 heterocycles. The predicted octanol–water partition coefficient (Wildman–Crippen LogP) is 3.68. The van der Waals surface area contributed by atoms with Gasteiger partial charge in [0.1, 0.15) is 0 Å². The molecule has 6 nitrogen and oxygen atoms in total. The van der Waals surface area contributed by atoms with Crippen LogP contribution in [0.5, 0.6) is 0 Å². The second kappa shape index (κ2) is 8.70. The Morgan fingerprint density at radius 3 is 2.60 bits per heavy atom. The monoisotopic (exact) mass is 355 g/mol. The van der Waals surface area contributed by atoms with Gasteiger partial charge in [-0.1, -0.05) is 31.2 Å². The summed E-state index contributed by atoms with van der Waals surface area (Å²) in [6, 6.07) is 13.7. The van der Waals surface area contributed by atoms with Crippen molar-refractivity contribution in [1.29, 1.82) is 0 Å². The van der Waals surface area contributed by atoms with E-state index >= 15 is 0 Å². The van der Waals surface area contributed by atoms with E-state index in [1.807, 2.05) is 24.3 Å². The van der Waals surface area contributed by atoms with Crippen LogP contribution in [0.3, 0.4) is 0 Å². The summed E-state index contributed by atoms with van der Waals surface area (Å²) in [7, 11) is 0. The highest BCUT2D eigenvalue weighted by atomic mass is 32.1. The number of aryl methyl sites for hydroxylation is 1. The molecule has 25 heavy (non-hydrogen) atoms. The first kappa shape index (κ1) is 18.3. The number of anilines is 1. The molecule has 1 amide bonds. The molecule has 0 radical (unpaired) electrons. The lowest BCUT2D eigenvalue weighted by Crippen LogP contribution is -2.32. The minimum Gasteiger partial charge on any atom is -0.332 e. The number of rotatable bonds is 5. The van der Waals surface area contributed by atoms with Gasteiger partial charge >= 0.3 is 0 Å². The number of thiocarbonyl (C=S) groups is 1. The topological polar surface area (TPSA) is 84.3 Å². The Hall–Kier alpha value is -3.06. The number of hydrogen-bond donors (Lipinski definition) is 2. The highest BCUT2D eigenvalue weighted by Crippen LogP contribution is 2.14. The second-order valence-corrected chi connectivity index (χ2v) is 5.59. The Morgan fingerprint density at radius 2 is 1.96 bits per heavy atom. The van der Waals surface area contributed by atoms with Crippen molar-refractivity contribution >= 4 is 40.7 Å². The van der Waals surface area contributed by atoms with Crippen LogP contribution >= 0.6 is 12.2 Å². The van der Waals surface area contributed by atoms with Crippen LogP contribution in [0.25, 0.3) is 6.08 Å². The number of nitrogens with one attached hydrogen (secondary N) is 2. The van der Waals surface area contributed by atoms with Crippen molar-refractivity contribution in [3.63, 3.8) is 0 Å². The van der Waals surface area contributed by atoms with E-state index in [4.69, 9.17) is 12.2 Å². The summed E-state index contributed by atoms with van der Waals surface area (Å²) in [6.07, 6.45) is 3.71. The highest BCUT2D eigenvalue weighted by molar-refractivity contribution is 7.80. The summed E-state index contributed by atoms with van der Waals surface area (Å²) >= 11 is 5.09. The molecular formula is C18H17N3O3S. The zero-order valence-corrected chi connectivity index (χ0v) is 14.4. The molecule has 0 bridgehead atoms. The number of nitro groups is 1. The van der Waals surface area contributed by atoms with Gasteiger partial charge in [0.25, 0.3) is 5.69 Å². The fourth-order valence-corrected chi connectivity index (χ4v) is 2.27.